The molecule has 0 aliphatic heterocycles. The summed E-state index contributed by atoms with van der Waals surface area (Å²) in [6, 6.07) is 7.36. The first-order valence-corrected chi connectivity index (χ1v) is 7.17. The fourth-order valence-electron chi connectivity index (χ4n) is 2.67. The fraction of sp³-hybridized carbons (Fsp3) is 0.625. The highest BCUT2D eigenvalue weighted by atomic mass is 16.5. The summed E-state index contributed by atoms with van der Waals surface area (Å²) in [7, 11) is 0. The van der Waals surface area contributed by atoms with Gasteiger partial charge in [0.15, 0.2) is 0 Å². The molecule has 0 heterocycles. The van der Waals surface area contributed by atoms with E-state index in [9.17, 15) is 0 Å². The average Bonchev–Trinajstić information content (AvgIpc) is 2.83. The summed E-state index contributed by atoms with van der Waals surface area (Å²) in [5.74, 6) is 0. The van der Waals surface area contributed by atoms with E-state index >= 15 is 0 Å². The van der Waals surface area contributed by atoms with Gasteiger partial charge in [-0.3, -0.25) is 0 Å². The molecule has 2 heteroatoms. The Morgan fingerprint density at radius 3 is 2.78 bits per heavy atom. The molecule has 0 fully saturated rings. The number of fused-ring (bicyclic) bond motifs is 1. The van der Waals surface area contributed by atoms with Gasteiger partial charge in [-0.05, 0) is 56.7 Å². The molecule has 0 aromatic heterocycles. The predicted octanol–water partition coefficient (Wildman–Crippen LogP) is 3.25. The van der Waals surface area contributed by atoms with Crippen LogP contribution in [0, 0.1) is 0 Å². The van der Waals surface area contributed by atoms with Gasteiger partial charge in [0.2, 0.25) is 0 Å². The van der Waals surface area contributed by atoms with Gasteiger partial charge in [0, 0.05) is 19.2 Å². The number of ether oxygens (including phenoxy) is 1. The molecule has 2 nitrogen and oxygen atoms in total. The number of aryl methyl sites for hydroxylation is 2. The van der Waals surface area contributed by atoms with E-state index in [1.807, 2.05) is 6.92 Å². The van der Waals surface area contributed by atoms with Crippen LogP contribution in [-0.4, -0.2) is 19.3 Å². The molecule has 0 radical (unpaired) electrons. The largest absolute Gasteiger partial charge is 0.377 e. The number of benzene rings is 1. The first-order chi connectivity index (χ1) is 8.70. The Bertz CT molecular complexity index is 389. The normalized spacial score (nSPS) is 17.5. The summed E-state index contributed by atoms with van der Waals surface area (Å²) in [5, 5.41) is 3.55. The highest BCUT2D eigenvalue weighted by Gasteiger charge is 2.13. The van der Waals surface area contributed by atoms with Crippen molar-refractivity contribution in [3.8, 4) is 0 Å². The quantitative estimate of drug-likeness (QED) is 0.833. The van der Waals surface area contributed by atoms with Crippen molar-refractivity contribution >= 4 is 0 Å². The van der Waals surface area contributed by atoms with Crippen LogP contribution in [0.4, 0.5) is 0 Å². The molecule has 1 aliphatic carbocycles. The SMILES string of the molecule is CCOC(C)CNC(C)c1ccc2c(c1)CCC2. The second-order valence-electron chi connectivity index (χ2n) is 5.28. The van der Waals surface area contributed by atoms with Crippen LogP contribution in [0.25, 0.3) is 0 Å². The molecule has 1 aromatic carbocycles. The zero-order chi connectivity index (χ0) is 13.0. The molecule has 1 aromatic rings. The lowest BCUT2D eigenvalue weighted by Crippen LogP contribution is -2.29. The molecule has 1 N–H and O–H groups in total. The lowest BCUT2D eigenvalue weighted by Gasteiger charge is -2.19. The topological polar surface area (TPSA) is 21.3 Å². The molecule has 0 saturated carbocycles. The van der Waals surface area contributed by atoms with Gasteiger partial charge in [-0.1, -0.05) is 18.2 Å². The molecule has 0 spiro atoms. The van der Waals surface area contributed by atoms with Crippen LogP contribution in [0.2, 0.25) is 0 Å². The number of nitrogens with one attached hydrogen (secondary N) is 1. The van der Waals surface area contributed by atoms with E-state index in [0.717, 1.165) is 13.2 Å². The van der Waals surface area contributed by atoms with Crippen LogP contribution in [0.5, 0.6) is 0 Å². The van der Waals surface area contributed by atoms with Gasteiger partial charge in [-0.25, -0.2) is 0 Å². The Hall–Kier alpha value is -0.860. The maximum atomic E-state index is 5.54. The van der Waals surface area contributed by atoms with E-state index in [0.29, 0.717) is 6.04 Å². The number of rotatable bonds is 6. The van der Waals surface area contributed by atoms with E-state index in [1.165, 1.54) is 24.8 Å². The summed E-state index contributed by atoms with van der Waals surface area (Å²) < 4.78 is 5.54. The summed E-state index contributed by atoms with van der Waals surface area (Å²) in [4.78, 5) is 0. The predicted molar refractivity (Wildman–Crippen MR) is 76.0 cm³/mol. The first-order valence-electron chi connectivity index (χ1n) is 7.17. The van der Waals surface area contributed by atoms with Crippen LogP contribution in [0.3, 0.4) is 0 Å². The highest BCUT2D eigenvalue weighted by Crippen LogP contribution is 2.25. The van der Waals surface area contributed by atoms with Crippen molar-refractivity contribution in [3.05, 3.63) is 34.9 Å². The summed E-state index contributed by atoms with van der Waals surface area (Å²) in [6.45, 7) is 8.09. The van der Waals surface area contributed by atoms with Crippen molar-refractivity contribution in [2.75, 3.05) is 13.2 Å². The van der Waals surface area contributed by atoms with E-state index < -0.39 is 0 Å². The monoisotopic (exact) mass is 247 g/mol. The Labute approximate surface area is 111 Å². The van der Waals surface area contributed by atoms with E-state index in [-0.39, 0.29) is 6.10 Å². The van der Waals surface area contributed by atoms with Gasteiger partial charge in [0.05, 0.1) is 6.10 Å². The van der Waals surface area contributed by atoms with Crippen LogP contribution >= 0.6 is 0 Å². The molecule has 18 heavy (non-hydrogen) atoms. The van der Waals surface area contributed by atoms with Crippen LogP contribution < -0.4 is 5.32 Å². The molecule has 0 bridgehead atoms. The van der Waals surface area contributed by atoms with Gasteiger partial charge >= 0.3 is 0 Å². The van der Waals surface area contributed by atoms with Crippen molar-refractivity contribution in [1.82, 2.24) is 5.32 Å². The second-order valence-corrected chi connectivity index (χ2v) is 5.28. The van der Waals surface area contributed by atoms with Crippen molar-refractivity contribution in [2.45, 2.75) is 52.2 Å². The highest BCUT2D eigenvalue weighted by molar-refractivity contribution is 5.36. The summed E-state index contributed by atoms with van der Waals surface area (Å²) >= 11 is 0. The maximum Gasteiger partial charge on any atom is 0.0671 e. The molecule has 1 aliphatic rings. The lowest BCUT2D eigenvalue weighted by molar-refractivity contribution is 0.0743. The second kappa shape index (κ2) is 6.35. The van der Waals surface area contributed by atoms with Gasteiger partial charge in [0.25, 0.3) is 0 Å². The van der Waals surface area contributed by atoms with E-state index in [1.54, 1.807) is 11.1 Å². The molecule has 0 saturated heterocycles. The fourth-order valence-corrected chi connectivity index (χ4v) is 2.67. The number of hydrogen-bond donors (Lipinski definition) is 1. The molecule has 2 unspecified atom stereocenters. The molecular formula is C16H25NO. The van der Waals surface area contributed by atoms with Gasteiger partial charge in [0.1, 0.15) is 0 Å². The third-order valence-electron chi connectivity index (χ3n) is 3.79. The van der Waals surface area contributed by atoms with Crippen molar-refractivity contribution < 1.29 is 4.74 Å². The minimum absolute atomic E-state index is 0.284. The van der Waals surface area contributed by atoms with E-state index in [4.69, 9.17) is 4.74 Å². The van der Waals surface area contributed by atoms with Crippen LogP contribution in [0.15, 0.2) is 18.2 Å². The zero-order valence-electron chi connectivity index (χ0n) is 11.8. The third kappa shape index (κ3) is 3.33. The summed E-state index contributed by atoms with van der Waals surface area (Å²) in [5.41, 5.74) is 4.51. The minimum atomic E-state index is 0.284. The van der Waals surface area contributed by atoms with Crippen molar-refractivity contribution in [1.29, 1.82) is 0 Å². The lowest BCUT2D eigenvalue weighted by atomic mass is 10.0. The standard InChI is InChI=1S/C16H25NO/c1-4-18-12(2)11-17-13(3)15-9-8-14-6-5-7-16(14)10-15/h8-10,12-13,17H,4-7,11H2,1-3H3. The van der Waals surface area contributed by atoms with Crippen LogP contribution in [0.1, 0.15) is 49.9 Å². The van der Waals surface area contributed by atoms with Gasteiger partial charge in [-0.2, -0.15) is 0 Å². The van der Waals surface area contributed by atoms with Gasteiger partial charge in [-0.15, -0.1) is 0 Å². The molecule has 2 rings (SSSR count). The maximum absolute atomic E-state index is 5.54. The number of hydrogen-bond acceptors (Lipinski definition) is 2. The molecule has 100 valence electrons. The average molecular weight is 247 g/mol. The molecular weight excluding hydrogens is 222 g/mol. The Balaban J connectivity index is 1.90. The molecule has 0 amide bonds. The van der Waals surface area contributed by atoms with Crippen molar-refractivity contribution in [2.24, 2.45) is 0 Å². The first kappa shape index (κ1) is 13.6. The van der Waals surface area contributed by atoms with Crippen LogP contribution in [-0.2, 0) is 17.6 Å². The van der Waals surface area contributed by atoms with E-state index in [2.05, 4.69) is 37.4 Å². The summed E-state index contributed by atoms with van der Waals surface area (Å²) in [6.07, 6.45) is 4.12. The smallest absolute Gasteiger partial charge is 0.0671 e. The third-order valence-corrected chi connectivity index (χ3v) is 3.79. The molecule has 2 atom stereocenters. The Morgan fingerprint density at radius 1 is 1.22 bits per heavy atom. The Kier molecular flexibility index (Phi) is 4.79. The van der Waals surface area contributed by atoms with Gasteiger partial charge < -0.3 is 10.1 Å². The minimum Gasteiger partial charge on any atom is -0.377 e. The van der Waals surface area contributed by atoms with Crippen molar-refractivity contribution in [3.63, 3.8) is 0 Å². The Morgan fingerprint density at radius 2 is 2.00 bits per heavy atom. The zero-order valence-corrected chi connectivity index (χ0v) is 11.8.